The molecule has 2 heterocycles. The number of halogens is 3. The van der Waals surface area contributed by atoms with E-state index in [2.05, 4.69) is 29.1 Å². The molecule has 40 heavy (non-hydrogen) atoms. The van der Waals surface area contributed by atoms with Crippen LogP contribution in [0.3, 0.4) is 0 Å². The molecule has 0 saturated heterocycles. The lowest BCUT2D eigenvalue weighted by molar-refractivity contribution is -0.163. The Morgan fingerprint density at radius 1 is 1.20 bits per heavy atom. The van der Waals surface area contributed by atoms with Crippen LogP contribution in [-0.4, -0.2) is 50.6 Å². The molecule has 2 atom stereocenters. The maximum Gasteiger partial charge on any atom is 0.395 e. The third-order valence-electron chi connectivity index (χ3n) is 7.09. The maximum atomic E-state index is 14.0. The molecule has 1 aromatic heterocycles. The van der Waals surface area contributed by atoms with E-state index in [9.17, 15) is 21.6 Å². The molecular formula is C31H40F3N3O2S. The van der Waals surface area contributed by atoms with Crippen LogP contribution in [0.1, 0.15) is 69.5 Å². The first-order chi connectivity index (χ1) is 19.0. The number of rotatable bonds is 10. The zero-order chi connectivity index (χ0) is 29.2. The summed E-state index contributed by atoms with van der Waals surface area (Å²) in [5, 5.41) is 0. The van der Waals surface area contributed by atoms with Crippen molar-refractivity contribution >= 4 is 33.5 Å². The standard InChI is InChI=1S/C31H40F3N3O2S/c1-4-5-16-37-30-23(2)36-18-14-28(30)27-21-25(13-17-35-22-27)20-24-9-7-6-8-10-26(12-11-24)29(31(32,33)34)15-19-40(3,38)39/h9-12,14,16,18,21-22,25,29H,4-8,13,15,17,19-20H2,1-3H3/b12-11-,24-9+,26-10-,37-16-. The highest BCUT2D eigenvalue weighted by atomic mass is 32.2. The lowest BCUT2D eigenvalue weighted by atomic mass is 9.90. The van der Waals surface area contributed by atoms with Crippen molar-refractivity contribution in [3.63, 3.8) is 0 Å². The van der Waals surface area contributed by atoms with Gasteiger partial charge in [0.05, 0.1) is 23.1 Å². The van der Waals surface area contributed by atoms with Gasteiger partial charge in [-0.3, -0.25) is 15.0 Å². The first-order valence-electron chi connectivity index (χ1n) is 14.0. The summed E-state index contributed by atoms with van der Waals surface area (Å²) in [5.74, 6) is -2.16. The van der Waals surface area contributed by atoms with Crippen LogP contribution in [0.25, 0.3) is 5.57 Å². The fraction of sp³-hybridized carbons (Fsp3) is 0.516. The number of aliphatic imine (C=N–C) groups is 2. The minimum atomic E-state index is -4.52. The number of hydrogen-bond donors (Lipinski definition) is 0. The number of allylic oxidation sites excluding steroid dienone is 8. The highest BCUT2D eigenvalue weighted by Crippen LogP contribution is 2.37. The topological polar surface area (TPSA) is 71.8 Å². The smallest absolute Gasteiger partial charge is 0.293 e. The first-order valence-corrected chi connectivity index (χ1v) is 16.1. The molecule has 5 nitrogen and oxygen atoms in total. The summed E-state index contributed by atoms with van der Waals surface area (Å²) in [4.78, 5) is 13.7. The molecular weight excluding hydrogens is 535 g/mol. The second-order valence-electron chi connectivity index (χ2n) is 10.6. The van der Waals surface area contributed by atoms with Crippen LogP contribution in [0.15, 0.2) is 63.8 Å². The summed E-state index contributed by atoms with van der Waals surface area (Å²) < 4.78 is 65.2. The van der Waals surface area contributed by atoms with Gasteiger partial charge in [0, 0.05) is 37.0 Å². The first kappa shape index (κ1) is 31.7. The van der Waals surface area contributed by atoms with E-state index in [1.165, 1.54) is 0 Å². The van der Waals surface area contributed by atoms with Gasteiger partial charge in [0.25, 0.3) is 0 Å². The highest BCUT2D eigenvalue weighted by molar-refractivity contribution is 7.90. The van der Waals surface area contributed by atoms with Gasteiger partial charge in [-0.15, -0.1) is 0 Å². The molecule has 9 heteroatoms. The molecule has 3 rings (SSSR count). The molecule has 0 N–H and O–H groups in total. The fourth-order valence-electron chi connectivity index (χ4n) is 4.92. The van der Waals surface area contributed by atoms with Crippen molar-refractivity contribution in [3.05, 3.63) is 65.0 Å². The van der Waals surface area contributed by atoms with E-state index < -0.39 is 34.1 Å². The Morgan fingerprint density at radius 3 is 2.70 bits per heavy atom. The zero-order valence-electron chi connectivity index (χ0n) is 23.6. The Bertz CT molecular complexity index is 1310. The summed E-state index contributed by atoms with van der Waals surface area (Å²) >= 11 is 0. The van der Waals surface area contributed by atoms with Crippen molar-refractivity contribution < 1.29 is 21.6 Å². The SMILES string of the molecule is CCC/C=N\c1c(C2=CC(CC3=C/CCC/C=C(C(CCS(C)(=O)=O)C(F)(F)F)/C=C\3)CCN=C2)ccnc1C. The lowest BCUT2D eigenvalue weighted by Gasteiger charge is -2.21. The summed E-state index contributed by atoms with van der Waals surface area (Å²) in [7, 11) is -3.51. The highest BCUT2D eigenvalue weighted by Gasteiger charge is 2.41. The largest absolute Gasteiger partial charge is 0.395 e. The molecule has 0 spiro atoms. The molecule has 0 aromatic carbocycles. The normalized spacial score (nSPS) is 23.1. The Hall–Kier alpha value is -2.81. The van der Waals surface area contributed by atoms with Crippen LogP contribution in [0.4, 0.5) is 18.9 Å². The number of alkyl halides is 3. The molecule has 1 aliphatic heterocycles. The third-order valence-corrected chi connectivity index (χ3v) is 8.07. The second kappa shape index (κ2) is 14.7. The fourth-order valence-corrected chi connectivity index (χ4v) is 5.58. The van der Waals surface area contributed by atoms with Gasteiger partial charge in [0.2, 0.25) is 0 Å². The quantitative estimate of drug-likeness (QED) is 0.266. The van der Waals surface area contributed by atoms with E-state index in [4.69, 9.17) is 4.99 Å². The predicted octanol–water partition coefficient (Wildman–Crippen LogP) is 7.96. The minimum absolute atomic E-state index is 0.145. The van der Waals surface area contributed by atoms with Crippen LogP contribution in [0.2, 0.25) is 0 Å². The Morgan fingerprint density at radius 2 is 1.98 bits per heavy atom. The van der Waals surface area contributed by atoms with Crippen molar-refractivity contribution in [2.24, 2.45) is 21.8 Å². The van der Waals surface area contributed by atoms with Crippen molar-refractivity contribution in [1.82, 2.24) is 4.98 Å². The number of hydrogen-bond acceptors (Lipinski definition) is 5. The van der Waals surface area contributed by atoms with Crippen molar-refractivity contribution in [3.8, 4) is 0 Å². The minimum Gasteiger partial charge on any atom is -0.293 e. The van der Waals surface area contributed by atoms with E-state index >= 15 is 0 Å². The monoisotopic (exact) mass is 575 g/mol. The van der Waals surface area contributed by atoms with Gasteiger partial charge in [-0.05, 0) is 75.0 Å². The lowest BCUT2D eigenvalue weighted by Crippen LogP contribution is -2.26. The molecule has 218 valence electrons. The molecule has 1 aromatic rings. The summed E-state index contributed by atoms with van der Waals surface area (Å²) in [6.07, 6.45) is 16.2. The van der Waals surface area contributed by atoms with Crippen LogP contribution in [-0.2, 0) is 9.84 Å². The van der Waals surface area contributed by atoms with Crippen LogP contribution in [0, 0.1) is 18.8 Å². The van der Waals surface area contributed by atoms with E-state index in [-0.39, 0.29) is 11.5 Å². The summed E-state index contributed by atoms with van der Waals surface area (Å²) in [6, 6.07) is 1.95. The predicted molar refractivity (Wildman–Crippen MR) is 159 cm³/mol. The summed E-state index contributed by atoms with van der Waals surface area (Å²) in [5.41, 5.74) is 4.74. The maximum absolute atomic E-state index is 14.0. The number of nitrogens with zero attached hydrogens (tertiary/aromatic N) is 3. The molecule has 0 radical (unpaired) electrons. The summed E-state index contributed by atoms with van der Waals surface area (Å²) in [6.45, 7) is 4.70. The number of sulfone groups is 1. The van der Waals surface area contributed by atoms with Crippen molar-refractivity contribution in [2.75, 3.05) is 18.6 Å². The Balaban J connectivity index is 1.86. The Labute approximate surface area is 236 Å². The van der Waals surface area contributed by atoms with E-state index in [0.717, 1.165) is 66.5 Å². The molecule has 1 aliphatic carbocycles. The van der Waals surface area contributed by atoms with Crippen LogP contribution in [0.5, 0.6) is 0 Å². The van der Waals surface area contributed by atoms with Crippen molar-refractivity contribution in [1.29, 1.82) is 0 Å². The number of aryl methyl sites for hydroxylation is 1. The third kappa shape index (κ3) is 9.98. The number of unbranched alkanes of at least 4 members (excludes halogenated alkanes) is 1. The van der Waals surface area contributed by atoms with Gasteiger partial charge >= 0.3 is 6.18 Å². The molecule has 0 fully saturated rings. The second-order valence-corrected chi connectivity index (χ2v) is 12.8. The molecule has 2 aliphatic rings. The molecule has 2 unspecified atom stereocenters. The van der Waals surface area contributed by atoms with Gasteiger partial charge in [0.1, 0.15) is 9.84 Å². The molecule has 0 amide bonds. The van der Waals surface area contributed by atoms with Crippen LogP contribution >= 0.6 is 0 Å². The van der Waals surface area contributed by atoms with Gasteiger partial charge < -0.3 is 0 Å². The van der Waals surface area contributed by atoms with Gasteiger partial charge in [-0.1, -0.05) is 49.3 Å². The average molecular weight is 576 g/mol. The molecule has 0 saturated carbocycles. The van der Waals surface area contributed by atoms with Crippen LogP contribution < -0.4 is 0 Å². The van der Waals surface area contributed by atoms with E-state index in [1.807, 2.05) is 25.4 Å². The zero-order valence-corrected chi connectivity index (χ0v) is 24.4. The van der Waals surface area contributed by atoms with Gasteiger partial charge in [-0.25, -0.2) is 8.42 Å². The molecule has 0 bridgehead atoms. The van der Waals surface area contributed by atoms with Gasteiger partial charge in [0.15, 0.2) is 0 Å². The van der Waals surface area contributed by atoms with Crippen molar-refractivity contribution in [2.45, 2.75) is 71.4 Å². The Kier molecular flexibility index (Phi) is 11.7. The van der Waals surface area contributed by atoms with Gasteiger partial charge in [-0.2, -0.15) is 13.2 Å². The number of aromatic nitrogens is 1. The van der Waals surface area contributed by atoms with E-state index in [1.54, 1.807) is 24.4 Å². The average Bonchev–Trinajstić information content (AvgIpc) is 3.04. The number of pyridine rings is 1. The van der Waals surface area contributed by atoms with E-state index in [0.29, 0.717) is 19.4 Å².